The second-order valence-corrected chi connectivity index (χ2v) is 5.66. The van der Waals surface area contributed by atoms with Gasteiger partial charge >= 0.3 is 6.03 Å². The van der Waals surface area contributed by atoms with Crippen molar-refractivity contribution in [3.8, 4) is 0 Å². The molecular formula is C17H27N3O. The zero-order chi connectivity index (χ0) is 15.1. The fourth-order valence-corrected chi connectivity index (χ4v) is 2.58. The number of anilines is 1. The van der Waals surface area contributed by atoms with E-state index in [9.17, 15) is 4.79 Å². The lowest BCUT2D eigenvalue weighted by molar-refractivity contribution is 0.146. The lowest BCUT2D eigenvalue weighted by Gasteiger charge is -2.34. The van der Waals surface area contributed by atoms with Crippen LogP contribution in [0.3, 0.4) is 0 Å². The number of hydrogen-bond acceptors (Lipinski definition) is 2. The van der Waals surface area contributed by atoms with Gasteiger partial charge in [-0.2, -0.15) is 0 Å². The van der Waals surface area contributed by atoms with E-state index in [4.69, 9.17) is 0 Å². The van der Waals surface area contributed by atoms with Gasteiger partial charge in [0.15, 0.2) is 0 Å². The van der Waals surface area contributed by atoms with E-state index in [0.717, 1.165) is 44.8 Å². The van der Waals surface area contributed by atoms with Crippen LogP contribution in [0.1, 0.15) is 32.3 Å². The Bertz CT molecular complexity index is 436. The zero-order valence-corrected chi connectivity index (χ0v) is 13.3. The Balaban J connectivity index is 1.78. The monoisotopic (exact) mass is 289 g/mol. The lowest BCUT2D eigenvalue weighted by atomic mass is 10.1. The van der Waals surface area contributed by atoms with Gasteiger partial charge in [-0.1, -0.05) is 32.4 Å². The Kier molecular flexibility index (Phi) is 6.05. The molecule has 4 nitrogen and oxygen atoms in total. The molecule has 0 radical (unpaired) electrons. The second-order valence-electron chi connectivity index (χ2n) is 5.66. The summed E-state index contributed by atoms with van der Waals surface area (Å²) >= 11 is 0. The first kappa shape index (κ1) is 15.8. The standard InChI is InChI=1S/C17H27N3O/c1-3-5-10-19-11-13-20(14-12-19)17(21)18-16-8-6-15(4-2)7-9-16/h6-9H,3-5,10-14H2,1-2H3,(H,18,21). The van der Waals surface area contributed by atoms with Gasteiger partial charge in [-0.05, 0) is 37.1 Å². The summed E-state index contributed by atoms with van der Waals surface area (Å²) in [5.74, 6) is 0. The van der Waals surface area contributed by atoms with E-state index < -0.39 is 0 Å². The van der Waals surface area contributed by atoms with Gasteiger partial charge in [0.05, 0.1) is 0 Å². The van der Waals surface area contributed by atoms with Crippen molar-refractivity contribution in [2.75, 3.05) is 38.0 Å². The fraction of sp³-hybridized carbons (Fsp3) is 0.588. The minimum absolute atomic E-state index is 0.0226. The maximum absolute atomic E-state index is 12.2. The Morgan fingerprint density at radius 1 is 1.10 bits per heavy atom. The molecule has 21 heavy (non-hydrogen) atoms. The number of hydrogen-bond donors (Lipinski definition) is 1. The van der Waals surface area contributed by atoms with Crippen molar-refractivity contribution in [1.82, 2.24) is 9.80 Å². The van der Waals surface area contributed by atoms with Gasteiger partial charge in [-0.3, -0.25) is 4.90 Å². The van der Waals surface area contributed by atoms with Gasteiger partial charge in [0.1, 0.15) is 0 Å². The first-order valence-electron chi connectivity index (χ1n) is 8.10. The Hall–Kier alpha value is -1.55. The average Bonchev–Trinajstić information content (AvgIpc) is 2.54. The first-order chi connectivity index (χ1) is 10.2. The van der Waals surface area contributed by atoms with Gasteiger partial charge in [0.25, 0.3) is 0 Å². The van der Waals surface area contributed by atoms with Crippen molar-refractivity contribution in [2.45, 2.75) is 33.1 Å². The van der Waals surface area contributed by atoms with E-state index in [0.29, 0.717) is 0 Å². The lowest BCUT2D eigenvalue weighted by Crippen LogP contribution is -2.50. The minimum Gasteiger partial charge on any atom is -0.322 e. The highest BCUT2D eigenvalue weighted by atomic mass is 16.2. The molecule has 1 aliphatic heterocycles. The molecule has 0 atom stereocenters. The molecule has 1 aromatic rings. The Morgan fingerprint density at radius 3 is 2.33 bits per heavy atom. The summed E-state index contributed by atoms with van der Waals surface area (Å²) in [5.41, 5.74) is 2.17. The molecule has 0 aliphatic carbocycles. The summed E-state index contributed by atoms with van der Waals surface area (Å²) in [6.45, 7) is 9.12. The van der Waals surface area contributed by atoms with Crippen molar-refractivity contribution >= 4 is 11.7 Å². The number of piperazine rings is 1. The van der Waals surface area contributed by atoms with E-state index in [2.05, 4.69) is 36.2 Å². The molecule has 1 fully saturated rings. The average molecular weight is 289 g/mol. The molecular weight excluding hydrogens is 262 g/mol. The van der Waals surface area contributed by atoms with Gasteiger partial charge in [0.2, 0.25) is 0 Å². The summed E-state index contributed by atoms with van der Waals surface area (Å²) < 4.78 is 0. The molecule has 2 rings (SSSR count). The van der Waals surface area contributed by atoms with Gasteiger partial charge in [0, 0.05) is 31.9 Å². The van der Waals surface area contributed by atoms with Crippen LogP contribution in [0, 0.1) is 0 Å². The van der Waals surface area contributed by atoms with Gasteiger partial charge < -0.3 is 10.2 Å². The topological polar surface area (TPSA) is 35.6 Å². The molecule has 1 saturated heterocycles. The van der Waals surface area contributed by atoms with Crippen molar-refractivity contribution in [2.24, 2.45) is 0 Å². The molecule has 0 saturated carbocycles. The van der Waals surface area contributed by atoms with Crippen LogP contribution in [0.4, 0.5) is 10.5 Å². The molecule has 1 aliphatic rings. The number of carbonyl (C=O) groups excluding carboxylic acids is 1. The number of nitrogens with zero attached hydrogens (tertiary/aromatic N) is 2. The van der Waals surface area contributed by atoms with Crippen LogP contribution in [0.15, 0.2) is 24.3 Å². The van der Waals surface area contributed by atoms with Gasteiger partial charge in [-0.15, -0.1) is 0 Å². The number of amides is 2. The predicted octanol–water partition coefficient (Wildman–Crippen LogP) is 3.20. The molecule has 0 aromatic heterocycles. The summed E-state index contributed by atoms with van der Waals surface area (Å²) in [5, 5.41) is 2.99. The predicted molar refractivity (Wildman–Crippen MR) is 87.8 cm³/mol. The third-order valence-electron chi connectivity index (χ3n) is 4.10. The van der Waals surface area contributed by atoms with E-state index in [1.165, 1.54) is 18.4 Å². The van der Waals surface area contributed by atoms with E-state index in [1.807, 2.05) is 17.0 Å². The number of carbonyl (C=O) groups is 1. The van der Waals surface area contributed by atoms with Crippen LogP contribution in [0.2, 0.25) is 0 Å². The Labute approximate surface area is 128 Å². The van der Waals surface area contributed by atoms with E-state index in [-0.39, 0.29) is 6.03 Å². The van der Waals surface area contributed by atoms with Crippen LogP contribution in [0.25, 0.3) is 0 Å². The minimum atomic E-state index is 0.0226. The molecule has 1 heterocycles. The van der Waals surface area contributed by atoms with Crippen LogP contribution in [-0.4, -0.2) is 48.6 Å². The molecule has 1 N–H and O–H groups in total. The fourth-order valence-electron chi connectivity index (χ4n) is 2.58. The largest absolute Gasteiger partial charge is 0.322 e. The van der Waals surface area contributed by atoms with Crippen molar-refractivity contribution in [3.63, 3.8) is 0 Å². The summed E-state index contributed by atoms with van der Waals surface area (Å²) in [6.07, 6.45) is 3.50. The van der Waals surface area contributed by atoms with Crippen LogP contribution in [0.5, 0.6) is 0 Å². The molecule has 0 bridgehead atoms. The van der Waals surface area contributed by atoms with Crippen LogP contribution < -0.4 is 5.32 Å². The van der Waals surface area contributed by atoms with Crippen molar-refractivity contribution in [3.05, 3.63) is 29.8 Å². The summed E-state index contributed by atoms with van der Waals surface area (Å²) in [6, 6.07) is 8.12. The summed E-state index contributed by atoms with van der Waals surface area (Å²) in [4.78, 5) is 16.6. The maximum Gasteiger partial charge on any atom is 0.321 e. The van der Waals surface area contributed by atoms with Crippen LogP contribution in [-0.2, 0) is 6.42 Å². The number of benzene rings is 1. The number of urea groups is 1. The highest BCUT2D eigenvalue weighted by molar-refractivity contribution is 5.89. The first-order valence-corrected chi connectivity index (χ1v) is 8.10. The van der Waals surface area contributed by atoms with Crippen molar-refractivity contribution < 1.29 is 4.79 Å². The van der Waals surface area contributed by atoms with Crippen LogP contribution >= 0.6 is 0 Å². The number of aryl methyl sites for hydroxylation is 1. The number of rotatable bonds is 5. The normalized spacial score (nSPS) is 16.0. The SMILES string of the molecule is CCCCN1CCN(C(=O)Nc2ccc(CC)cc2)CC1. The number of nitrogens with one attached hydrogen (secondary N) is 1. The molecule has 0 spiro atoms. The number of unbranched alkanes of at least 4 members (excludes halogenated alkanes) is 1. The highest BCUT2D eigenvalue weighted by Crippen LogP contribution is 2.12. The van der Waals surface area contributed by atoms with E-state index in [1.54, 1.807) is 0 Å². The van der Waals surface area contributed by atoms with Gasteiger partial charge in [-0.25, -0.2) is 4.79 Å². The third-order valence-corrected chi connectivity index (χ3v) is 4.10. The molecule has 2 amide bonds. The highest BCUT2D eigenvalue weighted by Gasteiger charge is 2.20. The molecule has 116 valence electrons. The van der Waals surface area contributed by atoms with E-state index >= 15 is 0 Å². The Morgan fingerprint density at radius 2 is 1.76 bits per heavy atom. The molecule has 1 aromatic carbocycles. The molecule has 4 heteroatoms. The zero-order valence-electron chi connectivity index (χ0n) is 13.3. The third kappa shape index (κ3) is 4.74. The second kappa shape index (κ2) is 8.03. The quantitative estimate of drug-likeness (QED) is 0.903. The summed E-state index contributed by atoms with van der Waals surface area (Å²) in [7, 11) is 0. The smallest absolute Gasteiger partial charge is 0.321 e. The maximum atomic E-state index is 12.2. The molecule has 0 unspecified atom stereocenters. The van der Waals surface area contributed by atoms with Crippen molar-refractivity contribution in [1.29, 1.82) is 0 Å².